The molecule has 3 amide bonds. The maximum Gasteiger partial charge on any atom is 0.354 e. The van der Waals surface area contributed by atoms with E-state index in [1.165, 1.54) is 29.4 Å². The molecular weight excluding hydrogens is 520 g/mol. The first kappa shape index (κ1) is 29.2. The van der Waals surface area contributed by atoms with Gasteiger partial charge in [-0.25, -0.2) is 9.59 Å². The van der Waals surface area contributed by atoms with E-state index in [9.17, 15) is 14.4 Å². The maximum atomic E-state index is 12.8. The Morgan fingerprint density at radius 1 is 0.976 bits per heavy atom. The van der Waals surface area contributed by atoms with Gasteiger partial charge in [0.1, 0.15) is 5.82 Å². The highest BCUT2D eigenvalue weighted by Gasteiger charge is 2.49. The summed E-state index contributed by atoms with van der Waals surface area (Å²) in [6.45, 7) is 9.02. The first-order valence-electron chi connectivity index (χ1n) is 14.8. The molecule has 6 rings (SSSR count). The fraction of sp³-hybridized carbons (Fsp3) is 0.600. The third-order valence-electron chi connectivity index (χ3n) is 9.35. The summed E-state index contributed by atoms with van der Waals surface area (Å²) in [7, 11) is 0. The minimum absolute atomic E-state index is 0.0573. The van der Waals surface area contributed by atoms with Crippen molar-refractivity contribution in [3.8, 4) is 5.69 Å². The van der Waals surface area contributed by atoms with Crippen LogP contribution in [0.15, 0.2) is 41.3 Å². The molecule has 0 radical (unpaired) electrons. The van der Waals surface area contributed by atoms with Gasteiger partial charge < -0.3 is 21.3 Å². The number of carbonyl (C=O) groups excluding carboxylic acids is 2. The van der Waals surface area contributed by atoms with Crippen LogP contribution in [0, 0.1) is 0 Å². The molecule has 2 aromatic rings. The zero-order chi connectivity index (χ0) is 29.4. The van der Waals surface area contributed by atoms with Crippen molar-refractivity contribution in [1.29, 1.82) is 0 Å². The fourth-order valence-corrected chi connectivity index (χ4v) is 6.64. The molecule has 41 heavy (non-hydrogen) atoms. The van der Waals surface area contributed by atoms with E-state index in [0.29, 0.717) is 26.2 Å². The van der Waals surface area contributed by atoms with E-state index in [1.54, 1.807) is 35.9 Å². The number of urea groups is 1. The molecule has 222 valence electrons. The summed E-state index contributed by atoms with van der Waals surface area (Å²) >= 11 is 0. The minimum Gasteiger partial charge on any atom is -0.338 e. The highest BCUT2D eigenvalue weighted by atomic mass is 16.2. The van der Waals surface area contributed by atoms with Crippen LogP contribution in [0.2, 0.25) is 0 Å². The van der Waals surface area contributed by atoms with Gasteiger partial charge in [-0.15, -0.1) is 0 Å². The molecule has 2 bridgehead atoms. The molecule has 0 unspecified atom stereocenters. The molecule has 1 aromatic heterocycles. The van der Waals surface area contributed by atoms with Crippen LogP contribution in [0.3, 0.4) is 0 Å². The van der Waals surface area contributed by atoms with Gasteiger partial charge in [-0.3, -0.25) is 19.6 Å². The molecular formula is C30H44N8O3. The third-order valence-corrected chi connectivity index (χ3v) is 9.35. The molecule has 11 heteroatoms. The monoisotopic (exact) mass is 564 g/mol. The first-order valence-corrected chi connectivity index (χ1v) is 14.8. The Morgan fingerprint density at radius 3 is 2.10 bits per heavy atom. The van der Waals surface area contributed by atoms with Crippen molar-refractivity contribution in [3.05, 3.63) is 52.6 Å². The molecule has 4 aliphatic rings. The molecule has 1 saturated heterocycles. The number of benzene rings is 1. The van der Waals surface area contributed by atoms with Crippen molar-refractivity contribution in [3.63, 3.8) is 0 Å². The quantitative estimate of drug-likeness (QED) is 0.468. The standard InChI is InChI=1S/C30H44N8O3/c1-4-37(30-13-10-29(32,11-14-30)12-15-30)21-22-5-7-23(8-6-22)38-16-9-24(34-27(38)41)33-26(40)36-19-17-35(18-20-36)25(39)28(2,3)31/h5-9,16H,4,10-15,17-21,31-32H2,1-3H3,(H,33,34,40,41). The molecule has 1 aromatic carbocycles. The van der Waals surface area contributed by atoms with Crippen molar-refractivity contribution in [1.82, 2.24) is 24.3 Å². The molecule has 3 saturated carbocycles. The van der Waals surface area contributed by atoms with Gasteiger partial charge in [0.15, 0.2) is 0 Å². The van der Waals surface area contributed by atoms with Crippen molar-refractivity contribution in [2.45, 2.75) is 82.5 Å². The minimum atomic E-state index is -0.947. The second-order valence-corrected chi connectivity index (χ2v) is 12.7. The summed E-state index contributed by atoms with van der Waals surface area (Å²) in [6, 6.07) is 9.30. The topological polar surface area (TPSA) is 143 Å². The number of rotatable bonds is 7. The number of carbonyl (C=O) groups is 2. The summed E-state index contributed by atoms with van der Waals surface area (Å²) in [4.78, 5) is 48.0. The Hall–Kier alpha value is -3.28. The van der Waals surface area contributed by atoms with Gasteiger partial charge in [0.25, 0.3) is 0 Å². The Balaban J connectivity index is 1.18. The van der Waals surface area contributed by atoms with Gasteiger partial charge in [0.05, 0.1) is 11.2 Å². The van der Waals surface area contributed by atoms with Gasteiger partial charge in [-0.2, -0.15) is 4.98 Å². The van der Waals surface area contributed by atoms with Crippen LogP contribution in [0.1, 0.15) is 64.9 Å². The van der Waals surface area contributed by atoms with E-state index < -0.39 is 11.2 Å². The number of amides is 3. The maximum absolute atomic E-state index is 12.8. The van der Waals surface area contributed by atoms with Gasteiger partial charge in [0.2, 0.25) is 5.91 Å². The summed E-state index contributed by atoms with van der Waals surface area (Å²) in [6.07, 6.45) is 8.46. The van der Waals surface area contributed by atoms with E-state index in [4.69, 9.17) is 11.5 Å². The largest absolute Gasteiger partial charge is 0.354 e. The molecule has 0 atom stereocenters. The smallest absolute Gasteiger partial charge is 0.338 e. The Morgan fingerprint density at radius 2 is 1.56 bits per heavy atom. The fourth-order valence-electron chi connectivity index (χ4n) is 6.64. The SMILES string of the molecule is CCN(Cc1ccc(-n2ccc(NC(=O)N3CCN(C(=O)C(C)(C)N)CC3)nc2=O)cc1)C12CCC(N)(CC1)CC2. The predicted molar refractivity (Wildman–Crippen MR) is 159 cm³/mol. The van der Waals surface area contributed by atoms with E-state index in [-0.39, 0.29) is 28.8 Å². The lowest BCUT2D eigenvalue weighted by atomic mass is 9.61. The van der Waals surface area contributed by atoms with Gasteiger partial charge in [-0.05, 0) is 82.7 Å². The van der Waals surface area contributed by atoms with Crippen LogP contribution in [0.4, 0.5) is 10.6 Å². The Kier molecular flexibility index (Phi) is 7.97. The van der Waals surface area contributed by atoms with Gasteiger partial charge >= 0.3 is 11.7 Å². The number of nitrogens with two attached hydrogens (primary N) is 2. The second kappa shape index (κ2) is 11.2. The summed E-state index contributed by atoms with van der Waals surface area (Å²) < 4.78 is 1.47. The highest BCUT2D eigenvalue weighted by molar-refractivity contribution is 5.89. The lowest BCUT2D eigenvalue weighted by Crippen LogP contribution is -2.61. The van der Waals surface area contributed by atoms with Crippen molar-refractivity contribution in [2.24, 2.45) is 11.5 Å². The number of fused-ring (bicyclic) bond motifs is 3. The number of nitrogens with one attached hydrogen (secondary N) is 1. The van der Waals surface area contributed by atoms with Crippen LogP contribution >= 0.6 is 0 Å². The molecule has 11 nitrogen and oxygen atoms in total. The van der Waals surface area contributed by atoms with Crippen LogP contribution in [0.25, 0.3) is 5.69 Å². The number of anilines is 1. The van der Waals surface area contributed by atoms with Crippen molar-refractivity contribution >= 4 is 17.8 Å². The third kappa shape index (κ3) is 6.17. The summed E-state index contributed by atoms with van der Waals surface area (Å²) in [5.41, 5.74) is 13.3. The van der Waals surface area contributed by atoms with E-state index in [2.05, 4.69) is 34.3 Å². The molecule has 1 aliphatic heterocycles. The molecule has 3 aliphatic carbocycles. The second-order valence-electron chi connectivity index (χ2n) is 12.7. The molecule has 5 N–H and O–H groups in total. The normalized spacial score (nSPS) is 24.5. The zero-order valence-electron chi connectivity index (χ0n) is 24.6. The molecule has 0 spiro atoms. The predicted octanol–water partition coefficient (Wildman–Crippen LogP) is 2.27. The Bertz CT molecular complexity index is 1300. The van der Waals surface area contributed by atoms with Crippen LogP contribution in [0.5, 0.6) is 0 Å². The number of piperazine rings is 1. The molecule has 2 heterocycles. The number of hydrogen-bond donors (Lipinski definition) is 3. The van der Waals surface area contributed by atoms with Crippen LogP contribution < -0.4 is 22.5 Å². The number of nitrogens with zero attached hydrogens (tertiary/aromatic N) is 5. The van der Waals surface area contributed by atoms with Crippen LogP contribution in [-0.2, 0) is 11.3 Å². The van der Waals surface area contributed by atoms with E-state index in [1.807, 2.05) is 12.1 Å². The number of aromatic nitrogens is 2. The van der Waals surface area contributed by atoms with E-state index >= 15 is 0 Å². The lowest BCUT2D eigenvalue weighted by Gasteiger charge is -2.56. The first-order chi connectivity index (χ1) is 19.4. The van der Waals surface area contributed by atoms with Crippen molar-refractivity contribution in [2.75, 3.05) is 38.0 Å². The highest BCUT2D eigenvalue weighted by Crippen LogP contribution is 2.49. The lowest BCUT2D eigenvalue weighted by molar-refractivity contribution is -0.137. The van der Waals surface area contributed by atoms with Gasteiger partial charge in [-0.1, -0.05) is 19.1 Å². The Labute approximate surface area is 241 Å². The average molecular weight is 565 g/mol. The van der Waals surface area contributed by atoms with Crippen LogP contribution in [-0.4, -0.2) is 85.5 Å². The van der Waals surface area contributed by atoms with Gasteiger partial charge in [0, 0.05) is 50.0 Å². The zero-order valence-corrected chi connectivity index (χ0v) is 24.6. The summed E-state index contributed by atoms with van der Waals surface area (Å²) in [5, 5.41) is 2.71. The molecule has 4 fully saturated rings. The average Bonchev–Trinajstić information content (AvgIpc) is 2.96. The number of hydrogen-bond acceptors (Lipinski definition) is 7. The van der Waals surface area contributed by atoms with E-state index in [0.717, 1.165) is 38.0 Å². The summed E-state index contributed by atoms with van der Waals surface area (Å²) in [5.74, 6) is 0.0492. The van der Waals surface area contributed by atoms with Crippen molar-refractivity contribution < 1.29 is 9.59 Å².